The highest BCUT2D eigenvalue weighted by Gasteiger charge is 2.06. The molecule has 1 aromatic carbocycles. The molecule has 0 heterocycles. The van der Waals surface area contributed by atoms with Crippen molar-refractivity contribution >= 4 is 0 Å². The second-order valence-electron chi connectivity index (χ2n) is 8.85. The van der Waals surface area contributed by atoms with E-state index in [1.54, 1.807) is 12.1 Å². The summed E-state index contributed by atoms with van der Waals surface area (Å²) < 4.78 is 13.2. The van der Waals surface area contributed by atoms with Crippen molar-refractivity contribution in [1.82, 2.24) is 4.90 Å². The summed E-state index contributed by atoms with van der Waals surface area (Å²) in [6.07, 6.45) is 21.9. The molecule has 0 amide bonds. The molecule has 0 bridgehead atoms. The Balaban J connectivity index is 2.23. The molecule has 0 aliphatic rings. The molecule has 1 rings (SSSR count). The van der Waals surface area contributed by atoms with Crippen LogP contribution < -0.4 is 0 Å². The maximum atomic E-state index is 13.2. The van der Waals surface area contributed by atoms with Crippen molar-refractivity contribution in [2.75, 3.05) is 13.1 Å². The van der Waals surface area contributed by atoms with Gasteiger partial charge in [0.1, 0.15) is 5.82 Å². The highest BCUT2D eigenvalue weighted by Crippen LogP contribution is 2.13. The highest BCUT2D eigenvalue weighted by molar-refractivity contribution is 5.15. The van der Waals surface area contributed by atoms with Crippen LogP contribution >= 0.6 is 0 Å². The normalized spacial score (nSPS) is 11.4. The summed E-state index contributed by atoms with van der Waals surface area (Å²) in [5.74, 6) is -0.133. The molecule has 0 saturated heterocycles. The smallest absolute Gasteiger partial charge is 0.123 e. The van der Waals surface area contributed by atoms with Crippen molar-refractivity contribution < 1.29 is 4.39 Å². The molecule has 1 nitrogen and oxygen atoms in total. The minimum atomic E-state index is -0.133. The van der Waals surface area contributed by atoms with Gasteiger partial charge in [-0.1, -0.05) is 116 Å². The van der Waals surface area contributed by atoms with Gasteiger partial charge in [-0.2, -0.15) is 0 Å². The van der Waals surface area contributed by atoms with Crippen LogP contribution in [-0.2, 0) is 6.54 Å². The van der Waals surface area contributed by atoms with E-state index in [0.717, 1.165) is 6.54 Å². The summed E-state index contributed by atoms with van der Waals surface area (Å²) in [5.41, 5.74) is 1.24. The van der Waals surface area contributed by atoms with E-state index in [2.05, 4.69) is 18.7 Å². The van der Waals surface area contributed by atoms with Crippen LogP contribution in [0.3, 0.4) is 0 Å². The Morgan fingerprint density at radius 1 is 0.552 bits per heavy atom. The van der Waals surface area contributed by atoms with Crippen molar-refractivity contribution in [2.45, 2.75) is 123 Å². The molecular weight excluding hydrogens is 357 g/mol. The lowest BCUT2D eigenvalue weighted by Crippen LogP contribution is -2.25. The Morgan fingerprint density at radius 2 is 0.931 bits per heavy atom. The van der Waals surface area contributed by atoms with E-state index in [4.69, 9.17) is 0 Å². The molecule has 0 saturated carbocycles. The van der Waals surface area contributed by atoms with E-state index in [1.807, 2.05) is 12.1 Å². The SMILES string of the molecule is CCCCCCCCCCN(CCCCCCCCCC)Cc1ccc(F)cc1. The van der Waals surface area contributed by atoms with E-state index in [0.29, 0.717) is 0 Å². The van der Waals surface area contributed by atoms with Gasteiger partial charge >= 0.3 is 0 Å². The van der Waals surface area contributed by atoms with Crippen LogP contribution in [0.2, 0.25) is 0 Å². The van der Waals surface area contributed by atoms with E-state index in [1.165, 1.54) is 121 Å². The third-order valence-corrected chi connectivity index (χ3v) is 5.98. The van der Waals surface area contributed by atoms with Gasteiger partial charge in [0.15, 0.2) is 0 Å². The van der Waals surface area contributed by atoms with Gasteiger partial charge in [-0.05, 0) is 43.6 Å². The van der Waals surface area contributed by atoms with Crippen LogP contribution in [0.1, 0.15) is 122 Å². The van der Waals surface area contributed by atoms with E-state index < -0.39 is 0 Å². The standard InChI is InChI=1S/C27H48FN/c1-3-5-7-9-11-13-15-17-23-29(25-26-19-21-27(28)22-20-26)24-18-16-14-12-10-8-6-4-2/h19-22H,3-18,23-25H2,1-2H3. The van der Waals surface area contributed by atoms with E-state index in [-0.39, 0.29) is 5.82 Å². The molecular formula is C27H48FN. The predicted octanol–water partition coefficient (Wildman–Crippen LogP) is 8.91. The average Bonchev–Trinajstić information content (AvgIpc) is 2.73. The molecule has 0 aliphatic heterocycles. The fraction of sp³-hybridized carbons (Fsp3) is 0.778. The molecule has 0 atom stereocenters. The molecule has 0 radical (unpaired) electrons. The molecule has 0 aromatic heterocycles. The summed E-state index contributed by atoms with van der Waals surface area (Å²) in [5, 5.41) is 0. The summed E-state index contributed by atoms with van der Waals surface area (Å²) in [6.45, 7) is 7.89. The lowest BCUT2D eigenvalue weighted by atomic mass is 10.1. The maximum absolute atomic E-state index is 13.2. The zero-order chi connectivity index (χ0) is 21.0. The minimum Gasteiger partial charge on any atom is -0.299 e. The first-order valence-corrected chi connectivity index (χ1v) is 12.7. The second kappa shape index (κ2) is 19.1. The number of hydrogen-bond acceptors (Lipinski definition) is 1. The molecule has 0 aliphatic carbocycles. The Bertz CT molecular complexity index is 436. The topological polar surface area (TPSA) is 3.24 Å². The number of rotatable bonds is 20. The maximum Gasteiger partial charge on any atom is 0.123 e. The second-order valence-corrected chi connectivity index (χ2v) is 8.85. The Kier molecular flexibility index (Phi) is 17.2. The van der Waals surface area contributed by atoms with Crippen molar-refractivity contribution in [1.29, 1.82) is 0 Å². The van der Waals surface area contributed by atoms with E-state index >= 15 is 0 Å². The van der Waals surface area contributed by atoms with Crippen molar-refractivity contribution in [3.8, 4) is 0 Å². The van der Waals surface area contributed by atoms with E-state index in [9.17, 15) is 4.39 Å². The first-order valence-electron chi connectivity index (χ1n) is 12.7. The summed E-state index contributed by atoms with van der Waals surface area (Å²) in [7, 11) is 0. The molecule has 0 fully saturated rings. The first-order chi connectivity index (χ1) is 14.3. The van der Waals surface area contributed by atoms with Crippen LogP contribution in [0.5, 0.6) is 0 Å². The van der Waals surface area contributed by atoms with Crippen LogP contribution in [-0.4, -0.2) is 18.0 Å². The first kappa shape index (κ1) is 26.1. The molecule has 1 aromatic rings. The van der Waals surface area contributed by atoms with Gasteiger partial charge in [0, 0.05) is 6.54 Å². The number of halogens is 1. The van der Waals surface area contributed by atoms with Crippen LogP contribution in [0.4, 0.5) is 4.39 Å². The van der Waals surface area contributed by atoms with Crippen LogP contribution in [0, 0.1) is 5.82 Å². The van der Waals surface area contributed by atoms with Gasteiger partial charge in [-0.25, -0.2) is 4.39 Å². The van der Waals surface area contributed by atoms with Crippen LogP contribution in [0.15, 0.2) is 24.3 Å². The lowest BCUT2D eigenvalue weighted by Gasteiger charge is -2.22. The highest BCUT2D eigenvalue weighted by atomic mass is 19.1. The molecule has 168 valence electrons. The zero-order valence-corrected chi connectivity index (χ0v) is 19.6. The average molecular weight is 406 g/mol. The molecule has 0 unspecified atom stereocenters. The molecule has 29 heavy (non-hydrogen) atoms. The summed E-state index contributed by atoms with van der Waals surface area (Å²) in [6, 6.07) is 7.09. The Labute approximate surface area is 181 Å². The van der Waals surface area contributed by atoms with Gasteiger partial charge in [0.2, 0.25) is 0 Å². The molecule has 0 N–H and O–H groups in total. The van der Waals surface area contributed by atoms with Gasteiger partial charge in [-0.3, -0.25) is 4.90 Å². The predicted molar refractivity (Wildman–Crippen MR) is 127 cm³/mol. The Morgan fingerprint density at radius 3 is 1.34 bits per heavy atom. The third kappa shape index (κ3) is 15.6. The largest absolute Gasteiger partial charge is 0.299 e. The van der Waals surface area contributed by atoms with Gasteiger partial charge in [0.25, 0.3) is 0 Å². The van der Waals surface area contributed by atoms with Crippen molar-refractivity contribution in [2.24, 2.45) is 0 Å². The number of hydrogen-bond donors (Lipinski definition) is 0. The monoisotopic (exact) mass is 405 g/mol. The van der Waals surface area contributed by atoms with Gasteiger partial charge in [-0.15, -0.1) is 0 Å². The van der Waals surface area contributed by atoms with Crippen molar-refractivity contribution in [3.05, 3.63) is 35.6 Å². The number of unbranched alkanes of at least 4 members (excludes halogenated alkanes) is 14. The van der Waals surface area contributed by atoms with Crippen LogP contribution in [0.25, 0.3) is 0 Å². The fourth-order valence-corrected chi connectivity index (χ4v) is 4.06. The molecule has 2 heteroatoms. The van der Waals surface area contributed by atoms with Gasteiger partial charge in [0.05, 0.1) is 0 Å². The lowest BCUT2D eigenvalue weighted by molar-refractivity contribution is 0.252. The number of nitrogens with zero attached hydrogens (tertiary/aromatic N) is 1. The summed E-state index contributed by atoms with van der Waals surface area (Å²) in [4.78, 5) is 2.60. The number of benzene rings is 1. The third-order valence-electron chi connectivity index (χ3n) is 5.98. The minimum absolute atomic E-state index is 0.133. The Hall–Kier alpha value is -0.890. The quantitative estimate of drug-likeness (QED) is 0.196. The van der Waals surface area contributed by atoms with Crippen molar-refractivity contribution in [3.63, 3.8) is 0 Å². The van der Waals surface area contributed by atoms with Gasteiger partial charge < -0.3 is 0 Å². The summed E-state index contributed by atoms with van der Waals surface area (Å²) >= 11 is 0. The zero-order valence-electron chi connectivity index (χ0n) is 19.6. The fourth-order valence-electron chi connectivity index (χ4n) is 4.06. The molecule has 0 spiro atoms.